The fraction of sp³-hybridized carbons (Fsp3) is 0. The van der Waals surface area contributed by atoms with Crippen LogP contribution in [0.25, 0.3) is 6.08 Å². The zero-order valence-corrected chi connectivity index (χ0v) is 10.7. The summed E-state index contributed by atoms with van der Waals surface area (Å²) in [5.74, 6) is -2.39. The van der Waals surface area contributed by atoms with Gasteiger partial charge >= 0.3 is 0 Å². The molecular formula is C9H5N4O4S2-. The minimum Gasteiger partial charge on any atom is -0.860 e. The zero-order valence-electron chi connectivity index (χ0n) is 9.03. The normalized spacial score (nSPS) is 14.9. The van der Waals surface area contributed by atoms with Gasteiger partial charge in [0.15, 0.2) is 9.88 Å². The van der Waals surface area contributed by atoms with Crippen molar-refractivity contribution in [3.63, 3.8) is 0 Å². The molecule has 1 aromatic rings. The summed E-state index contributed by atoms with van der Waals surface area (Å²) < 4.78 is -0.143. The number of rotatable bonds is 1. The van der Waals surface area contributed by atoms with Gasteiger partial charge in [-0.3, -0.25) is 30.0 Å². The van der Waals surface area contributed by atoms with Crippen LogP contribution in [0.15, 0.2) is 10.4 Å². The summed E-state index contributed by atoms with van der Waals surface area (Å²) in [6.45, 7) is 0. The standard InChI is InChI=1S/C9H6N4O4S2/c14-4-2(5(15)11-8(18)10-4)1-3-6(16)12-9(19)13-7(3)17/h1H,(H2,10,11,14,15,18)(H3,12,13,16,17,19)/p-1. The molecule has 8 nitrogen and oxygen atoms in total. The number of aromatic amines is 2. The van der Waals surface area contributed by atoms with E-state index in [1.807, 2.05) is 0 Å². The lowest BCUT2D eigenvalue weighted by molar-refractivity contribution is -0.275. The summed E-state index contributed by atoms with van der Waals surface area (Å²) >= 11 is 9.21. The van der Waals surface area contributed by atoms with Crippen molar-refractivity contribution in [2.45, 2.75) is 0 Å². The van der Waals surface area contributed by atoms with Crippen molar-refractivity contribution in [2.24, 2.45) is 0 Å². The molecule has 2 rings (SSSR count). The van der Waals surface area contributed by atoms with E-state index in [4.69, 9.17) is 0 Å². The van der Waals surface area contributed by atoms with Crippen molar-refractivity contribution in [1.82, 2.24) is 20.6 Å². The van der Waals surface area contributed by atoms with Gasteiger partial charge in [0.1, 0.15) is 5.57 Å². The van der Waals surface area contributed by atoms with Crippen LogP contribution >= 0.6 is 24.4 Å². The molecule has 0 spiro atoms. The molecule has 0 radical (unpaired) electrons. The van der Waals surface area contributed by atoms with Gasteiger partial charge < -0.3 is 10.1 Å². The van der Waals surface area contributed by atoms with Crippen LogP contribution in [-0.2, 0) is 9.59 Å². The molecule has 0 bridgehead atoms. The van der Waals surface area contributed by atoms with Crippen molar-refractivity contribution >= 4 is 47.4 Å². The number of H-pyrrole nitrogens is 2. The van der Waals surface area contributed by atoms with E-state index in [1.54, 1.807) is 0 Å². The molecule has 10 heteroatoms. The maximum Gasteiger partial charge on any atom is 0.263 e. The number of thiocarbonyl (C=S) groups is 1. The van der Waals surface area contributed by atoms with Crippen LogP contribution in [-0.4, -0.2) is 26.9 Å². The van der Waals surface area contributed by atoms with Crippen LogP contribution in [0.3, 0.4) is 0 Å². The van der Waals surface area contributed by atoms with Gasteiger partial charge in [0, 0.05) is 5.56 Å². The van der Waals surface area contributed by atoms with E-state index in [9.17, 15) is 19.5 Å². The largest absolute Gasteiger partial charge is 0.860 e. The van der Waals surface area contributed by atoms with Crippen molar-refractivity contribution in [2.75, 3.05) is 0 Å². The topological polar surface area (TPSA) is 130 Å². The fourth-order valence-electron chi connectivity index (χ4n) is 1.36. The van der Waals surface area contributed by atoms with Crippen LogP contribution in [0.2, 0.25) is 0 Å². The summed E-state index contributed by atoms with van der Waals surface area (Å²) in [7, 11) is 0. The van der Waals surface area contributed by atoms with Gasteiger partial charge in [-0.1, -0.05) is 0 Å². The Bertz CT molecular complexity index is 723. The highest BCUT2D eigenvalue weighted by molar-refractivity contribution is 7.80. The smallest absolute Gasteiger partial charge is 0.263 e. The molecule has 0 aliphatic carbocycles. The molecule has 19 heavy (non-hydrogen) atoms. The van der Waals surface area contributed by atoms with Crippen molar-refractivity contribution in [1.29, 1.82) is 0 Å². The number of carbonyl (C=O) groups is 2. The molecule has 2 heterocycles. The first-order chi connectivity index (χ1) is 8.88. The maximum absolute atomic E-state index is 11.5. The molecule has 1 aromatic heterocycles. The zero-order chi connectivity index (χ0) is 14.2. The highest BCUT2D eigenvalue weighted by atomic mass is 32.1. The minimum atomic E-state index is -0.796. The van der Waals surface area contributed by atoms with Crippen LogP contribution < -0.4 is 21.3 Å². The maximum atomic E-state index is 11.5. The lowest BCUT2D eigenvalue weighted by Crippen LogP contribution is -2.51. The Morgan fingerprint density at radius 2 is 1.58 bits per heavy atom. The molecule has 1 aliphatic rings. The molecule has 4 N–H and O–H groups in total. The number of hydrogen-bond donors (Lipinski definition) is 4. The van der Waals surface area contributed by atoms with E-state index >= 15 is 0 Å². The Hall–Kier alpha value is -2.33. The van der Waals surface area contributed by atoms with E-state index in [-0.39, 0.29) is 9.88 Å². The van der Waals surface area contributed by atoms with Crippen LogP contribution in [0.4, 0.5) is 0 Å². The first-order valence-corrected chi connectivity index (χ1v) is 5.62. The average molecular weight is 297 g/mol. The molecule has 0 aromatic carbocycles. The second-order valence-electron chi connectivity index (χ2n) is 3.45. The summed E-state index contributed by atoms with van der Waals surface area (Å²) in [4.78, 5) is 39.0. The van der Waals surface area contributed by atoms with E-state index in [0.717, 1.165) is 6.08 Å². The van der Waals surface area contributed by atoms with Gasteiger partial charge in [0.05, 0.1) is 0 Å². The summed E-state index contributed by atoms with van der Waals surface area (Å²) in [5, 5.41) is 15.7. The Morgan fingerprint density at radius 1 is 1.00 bits per heavy atom. The van der Waals surface area contributed by atoms with Gasteiger partial charge in [0.25, 0.3) is 17.4 Å². The molecule has 1 fully saturated rings. The third kappa shape index (κ3) is 2.58. The molecule has 0 unspecified atom stereocenters. The van der Waals surface area contributed by atoms with E-state index in [1.165, 1.54) is 0 Å². The van der Waals surface area contributed by atoms with Crippen molar-refractivity contribution < 1.29 is 14.7 Å². The first kappa shape index (κ1) is 13.1. The Kier molecular flexibility index (Phi) is 3.27. The summed E-state index contributed by atoms with van der Waals surface area (Å²) in [6.07, 6.45) is 0.874. The third-order valence-electron chi connectivity index (χ3n) is 2.18. The number of aromatic nitrogens is 2. The highest BCUT2D eigenvalue weighted by Crippen LogP contribution is 2.11. The summed E-state index contributed by atoms with van der Waals surface area (Å²) in [6, 6.07) is 0. The second kappa shape index (κ2) is 4.74. The average Bonchev–Trinajstić information content (AvgIpc) is 2.25. The summed E-state index contributed by atoms with van der Waals surface area (Å²) in [5.41, 5.74) is -1.60. The van der Waals surface area contributed by atoms with E-state index in [0.29, 0.717) is 0 Å². The minimum absolute atomic E-state index is 0.143. The monoisotopic (exact) mass is 297 g/mol. The van der Waals surface area contributed by atoms with Gasteiger partial charge in [-0.15, -0.1) is 0 Å². The van der Waals surface area contributed by atoms with Crippen molar-refractivity contribution in [3.05, 3.63) is 26.3 Å². The van der Waals surface area contributed by atoms with Gasteiger partial charge in [-0.2, -0.15) is 0 Å². The number of amides is 2. The molecule has 2 amide bonds. The molecule has 1 aliphatic heterocycles. The molecule has 0 atom stereocenters. The SMILES string of the molecule is O=C1NC(=S)NC(=O)C1=Cc1c([O-])[nH]c(=S)[nH]c1=O. The molecule has 0 saturated carbocycles. The van der Waals surface area contributed by atoms with E-state index in [2.05, 4.69) is 45.0 Å². The van der Waals surface area contributed by atoms with Crippen LogP contribution in [0.1, 0.15) is 5.56 Å². The predicted molar refractivity (Wildman–Crippen MR) is 68.6 cm³/mol. The predicted octanol–water partition coefficient (Wildman–Crippen LogP) is -1.58. The number of nitrogens with one attached hydrogen (secondary N) is 4. The van der Waals surface area contributed by atoms with Crippen molar-refractivity contribution in [3.8, 4) is 5.88 Å². The lowest BCUT2D eigenvalue weighted by atomic mass is 10.1. The quantitative estimate of drug-likeness (QED) is 0.281. The van der Waals surface area contributed by atoms with Crippen LogP contribution in [0, 0.1) is 4.77 Å². The fourth-order valence-corrected chi connectivity index (χ4v) is 1.73. The van der Waals surface area contributed by atoms with E-state index < -0.39 is 34.4 Å². The molecule has 98 valence electrons. The number of hydrogen-bond acceptors (Lipinski definition) is 6. The van der Waals surface area contributed by atoms with Gasteiger partial charge in [-0.05, 0) is 36.4 Å². The molecule has 1 saturated heterocycles. The highest BCUT2D eigenvalue weighted by Gasteiger charge is 2.26. The Balaban J connectivity index is 2.56. The first-order valence-electron chi connectivity index (χ1n) is 4.80. The lowest BCUT2D eigenvalue weighted by Gasteiger charge is -2.17. The van der Waals surface area contributed by atoms with Crippen LogP contribution in [0.5, 0.6) is 5.88 Å². The van der Waals surface area contributed by atoms with Gasteiger partial charge in [0.2, 0.25) is 0 Å². The Labute approximate surface area is 115 Å². The van der Waals surface area contributed by atoms with Gasteiger partial charge in [-0.25, -0.2) is 0 Å². The number of carbonyl (C=O) groups excluding carboxylic acids is 2. The Morgan fingerprint density at radius 3 is 2.11 bits per heavy atom. The third-order valence-corrected chi connectivity index (χ3v) is 2.58. The second-order valence-corrected chi connectivity index (χ2v) is 4.26. The molecular weight excluding hydrogens is 292 g/mol.